The average molecular weight is 204 g/mol. The highest BCUT2D eigenvalue weighted by atomic mass is 32.2. The Morgan fingerprint density at radius 3 is 2.85 bits per heavy atom. The fraction of sp³-hybridized carbons (Fsp3) is 0.571. The van der Waals surface area contributed by atoms with Crippen LogP contribution in [-0.4, -0.2) is 25.1 Å². The topological polar surface area (TPSA) is 64.4 Å². The van der Waals surface area contributed by atoms with Gasteiger partial charge in [0.25, 0.3) is 5.88 Å². The van der Waals surface area contributed by atoms with Crippen LogP contribution in [0.4, 0.5) is 0 Å². The Morgan fingerprint density at radius 1 is 1.69 bits per heavy atom. The van der Waals surface area contributed by atoms with Gasteiger partial charge in [0.15, 0.2) is 11.1 Å². The first-order chi connectivity index (χ1) is 6.19. The van der Waals surface area contributed by atoms with E-state index in [4.69, 9.17) is 9.29 Å². The van der Waals surface area contributed by atoms with E-state index >= 15 is 0 Å². The number of hydrogen-bond donors (Lipinski definition) is 1. The minimum Gasteiger partial charge on any atom is -0.476 e. The molecule has 1 N–H and O–H groups in total. The number of ether oxygens (including phenoxy) is 1. The van der Waals surface area contributed by atoms with Gasteiger partial charge >= 0.3 is 0 Å². The standard InChI is InChI=1S/C7H12N2O3S/c1-3-9-5-6(13(10)11)7(8-9)12-4-2/h5H,3-4H2,1-2H3,(H,10,11). The van der Waals surface area contributed by atoms with E-state index in [2.05, 4.69) is 5.10 Å². The van der Waals surface area contributed by atoms with Crippen LogP contribution in [0.5, 0.6) is 5.88 Å². The summed E-state index contributed by atoms with van der Waals surface area (Å²) in [5, 5.41) is 3.98. The molecule has 0 radical (unpaired) electrons. The van der Waals surface area contributed by atoms with Crippen LogP contribution >= 0.6 is 0 Å². The molecule has 0 aliphatic carbocycles. The van der Waals surface area contributed by atoms with Crippen molar-refractivity contribution in [1.29, 1.82) is 0 Å². The number of hydrogen-bond acceptors (Lipinski definition) is 3. The van der Waals surface area contributed by atoms with Gasteiger partial charge in [0.2, 0.25) is 0 Å². The predicted octanol–water partition coefficient (Wildman–Crippen LogP) is 0.882. The van der Waals surface area contributed by atoms with Gasteiger partial charge in [0.05, 0.1) is 6.61 Å². The molecule has 0 aliphatic rings. The summed E-state index contributed by atoms with van der Waals surface area (Å²) in [7, 11) is 0. The molecule has 1 heterocycles. The third-order valence-electron chi connectivity index (χ3n) is 1.49. The van der Waals surface area contributed by atoms with E-state index in [0.29, 0.717) is 13.2 Å². The smallest absolute Gasteiger partial charge is 0.251 e. The molecular weight excluding hydrogens is 192 g/mol. The molecule has 0 bridgehead atoms. The highest BCUT2D eigenvalue weighted by Gasteiger charge is 2.13. The third kappa shape index (κ3) is 2.28. The first-order valence-corrected chi connectivity index (χ1v) is 5.10. The Hall–Kier alpha value is -0.880. The molecule has 1 atom stereocenters. The Kier molecular flexibility index (Phi) is 3.44. The fourth-order valence-electron chi connectivity index (χ4n) is 0.904. The lowest BCUT2D eigenvalue weighted by atomic mass is 10.6. The molecule has 0 saturated heterocycles. The lowest BCUT2D eigenvalue weighted by Gasteiger charge is -1.97. The summed E-state index contributed by atoms with van der Waals surface area (Å²) in [6.45, 7) is 4.78. The molecule has 5 nitrogen and oxygen atoms in total. The fourth-order valence-corrected chi connectivity index (χ4v) is 1.36. The molecule has 13 heavy (non-hydrogen) atoms. The number of rotatable bonds is 4. The maximum Gasteiger partial charge on any atom is 0.251 e. The monoisotopic (exact) mass is 204 g/mol. The SMILES string of the molecule is CCOc1nn(CC)cc1S(=O)O. The molecule has 0 spiro atoms. The zero-order valence-corrected chi connectivity index (χ0v) is 8.37. The third-order valence-corrected chi connectivity index (χ3v) is 2.15. The Morgan fingerprint density at radius 2 is 2.38 bits per heavy atom. The Labute approximate surface area is 79.0 Å². The van der Waals surface area contributed by atoms with Crippen LogP contribution in [0.2, 0.25) is 0 Å². The van der Waals surface area contributed by atoms with Crippen molar-refractivity contribution in [3.63, 3.8) is 0 Å². The van der Waals surface area contributed by atoms with Crippen molar-refractivity contribution >= 4 is 11.1 Å². The van der Waals surface area contributed by atoms with Gasteiger partial charge in [0.1, 0.15) is 4.90 Å². The zero-order chi connectivity index (χ0) is 9.84. The van der Waals surface area contributed by atoms with Crippen LogP contribution in [0.15, 0.2) is 11.1 Å². The zero-order valence-electron chi connectivity index (χ0n) is 7.56. The molecular formula is C7H12N2O3S. The van der Waals surface area contributed by atoms with Crippen LogP contribution in [0, 0.1) is 0 Å². The quantitative estimate of drug-likeness (QED) is 0.739. The largest absolute Gasteiger partial charge is 0.476 e. The molecule has 1 aromatic heterocycles. The summed E-state index contributed by atoms with van der Waals surface area (Å²) in [6, 6.07) is 0. The van der Waals surface area contributed by atoms with Gasteiger partial charge in [0, 0.05) is 12.7 Å². The normalized spacial score (nSPS) is 12.8. The lowest BCUT2D eigenvalue weighted by Crippen LogP contribution is -1.97. The van der Waals surface area contributed by atoms with E-state index in [0.717, 1.165) is 0 Å². The van der Waals surface area contributed by atoms with E-state index in [-0.39, 0.29) is 10.8 Å². The second-order valence-corrected chi connectivity index (χ2v) is 3.27. The minimum atomic E-state index is -2.03. The van der Waals surface area contributed by atoms with E-state index in [1.54, 1.807) is 11.6 Å². The summed E-state index contributed by atoms with van der Waals surface area (Å²) in [5.41, 5.74) is 0. The van der Waals surface area contributed by atoms with Crippen LogP contribution in [0.1, 0.15) is 13.8 Å². The molecule has 6 heteroatoms. The van der Waals surface area contributed by atoms with E-state index in [1.807, 2.05) is 6.92 Å². The molecule has 0 aliphatic heterocycles. The lowest BCUT2D eigenvalue weighted by molar-refractivity contribution is 0.314. The van der Waals surface area contributed by atoms with Crippen LogP contribution in [0.3, 0.4) is 0 Å². The van der Waals surface area contributed by atoms with Crippen molar-refractivity contribution in [2.75, 3.05) is 6.61 Å². The molecule has 0 amide bonds. The van der Waals surface area contributed by atoms with Crippen molar-refractivity contribution in [1.82, 2.24) is 9.78 Å². The summed E-state index contributed by atoms with van der Waals surface area (Å²) < 4.78 is 26.3. The molecule has 1 unspecified atom stereocenters. The van der Waals surface area contributed by atoms with Gasteiger partial charge < -0.3 is 9.29 Å². The Bertz CT molecular complexity index is 311. The van der Waals surface area contributed by atoms with Gasteiger partial charge in [-0.1, -0.05) is 0 Å². The molecule has 0 aromatic carbocycles. The summed E-state index contributed by atoms with van der Waals surface area (Å²) >= 11 is -2.03. The van der Waals surface area contributed by atoms with Crippen molar-refractivity contribution in [2.24, 2.45) is 0 Å². The number of nitrogens with zero attached hydrogens (tertiary/aromatic N) is 2. The maximum atomic E-state index is 10.8. The van der Waals surface area contributed by atoms with E-state index in [9.17, 15) is 4.21 Å². The van der Waals surface area contributed by atoms with Gasteiger partial charge in [-0.15, -0.1) is 5.10 Å². The number of aryl methyl sites for hydroxylation is 1. The molecule has 74 valence electrons. The van der Waals surface area contributed by atoms with Gasteiger partial charge in [-0.2, -0.15) is 0 Å². The second kappa shape index (κ2) is 4.38. The van der Waals surface area contributed by atoms with Gasteiger partial charge in [-0.05, 0) is 13.8 Å². The van der Waals surface area contributed by atoms with Gasteiger partial charge in [-0.3, -0.25) is 4.68 Å². The predicted molar refractivity (Wildman–Crippen MR) is 48.1 cm³/mol. The van der Waals surface area contributed by atoms with Crippen LogP contribution in [0.25, 0.3) is 0 Å². The number of aromatic nitrogens is 2. The maximum absolute atomic E-state index is 10.8. The molecule has 0 saturated carbocycles. The van der Waals surface area contributed by atoms with Crippen molar-refractivity contribution < 1.29 is 13.5 Å². The van der Waals surface area contributed by atoms with E-state index < -0.39 is 11.1 Å². The van der Waals surface area contributed by atoms with Crippen LogP contribution in [-0.2, 0) is 17.6 Å². The van der Waals surface area contributed by atoms with E-state index in [1.165, 1.54) is 6.20 Å². The summed E-state index contributed by atoms with van der Waals surface area (Å²) in [5.74, 6) is 0.241. The molecule has 1 aromatic rings. The molecule has 0 fully saturated rings. The average Bonchev–Trinajstić information content (AvgIpc) is 2.48. The van der Waals surface area contributed by atoms with Gasteiger partial charge in [-0.25, -0.2) is 4.21 Å². The minimum absolute atomic E-state index is 0.226. The molecule has 1 rings (SSSR count). The second-order valence-electron chi connectivity index (χ2n) is 2.34. The van der Waals surface area contributed by atoms with Crippen molar-refractivity contribution in [3.8, 4) is 5.88 Å². The summed E-state index contributed by atoms with van der Waals surface area (Å²) in [4.78, 5) is 0.226. The van der Waals surface area contributed by atoms with Crippen molar-refractivity contribution in [3.05, 3.63) is 6.20 Å². The first kappa shape index (κ1) is 10.2. The first-order valence-electron chi connectivity index (χ1n) is 4.00. The van der Waals surface area contributed by atoms with Crippen molar-refractivity contribution in [2.45, 2.75) is 25.3 Å². The highest BCUT2D eigenvalue weighted by Crippen LogP contribution is 2.18. The highest BCUT2D eigenvalue weighted by molar-refractivity contribution is 7.79. The Balaban J connectivity index is 3.00. The van der Waals surface area contributed by atoms with Crippen LogP contribution < -0.4 is 4.74 Å². The summed E-state index contributed by atoms with van der Waals surface area (Å²) in [6.07, 6.45) is 1.51.